The van der Waals surface area contributed by atoms with Crippen molar-refractivity contribution in [2.24, 2.45) is 10.8 Å². The monoisotopic (exact) mass is 520 g/mol. The lowest BCUT2D eigenvalue weighted by atomic mass is 9.51. The molecule has 4 rings (SSSR count). The molecule has 0 amide bonds. The molecule has 7 atom stereocenters. The van der Waals surface area contributed by atoms with Crippen LogP contribution >= 0.6 is 0 Å². The fourth-order valence-corrected chi connectivity index (χ4v) is 7.70. The van der Waals surface area contributed by atoms with E-state index in [1.807, 2.05) is 6.92 Å². The van der Waals surface area contributed by atoms with Crippen molar-refractivity contribution < 1.29 is 29.2 Å². The molecule has 6 heteroatoms. The molecule has 1 unspecified atom stereocenters. The lowest BCUT2D eigenvalue weighted by molar-refractivity contribution is -0.229. The molecule has 6 nitrogen and oxygen atoms in total. The highest BCUT2D eigenvalue weighted by atomic mass is 16.7. The third kappa shape index (κ3) is 5.42. The number of allylic oxidation sites excluding steroid dienone is 1. The molecule has 2 heterocycles. The second-order valence-corrected chi connectivity index (χ2v) is 12.6. The second kappa shape index (κ2) is 12.5. The van der Waals surface area contributed by atoms with Crippen LogP contribution in [-0.2, 0) is 19.0 Å². The number of hydrogen-bond donors (Lipinski definition) is 2. The highest BCUT2D eigenvalue weighted by Crippen LogP contribution is 2.71. The lowest BCUT2D eigenvalue weighted by Gasteiger charge is -2.57. The first-order chi connectivity index (χ1) is 17.9. The van der Waals surface area contributed by atoms with Crippen LogP contribution < -0.4 is 0 Å². The molecule has 2 aliphatic carbocycles. The zero-order chi connectivity index (χ0) is 26.5. The second-order valence-electron chi connectivity index (χ2n) is 12.6. The van der Waals surface area contributed by atoms with Crippen LogP contribution in [0.1, 0.15) is 124 Å². The van der Waals surface area contributed by atoms with Crippen LogP contribution in [0.25, 0.3) is 0 Å². The first-order valence-electron chi connectivity index (χ1n) is 15.3. The van der Waals surface area contributed by atoms with Crippen molar-refractivity contribution in [2.45, 2.75) is 154 Å². The average molecular weight is 521 g/mol. The molecule has 212 valence electrons. The lowest BCUT2D eigenvalue weighted by Crippen LogP contribution is -2.66. The Hall–Kier alpha value is -0.950. The summed E-state index contributed by atoms with van der Waals surface area (Å²) in [6, 6.07) is 0. The van der Waals surface area contributed by atoms with E-state index in [2.05, 4.69) is 19.9 Å². The summed E-state index contributed by atoms with van der Waals surface area (Å²) in [5.74, 6) is -0.260. The van der Waals surface area contributed by atoms with Gasteiger partial charge < -0.3 is 24.4 Å². The van der Waals surface area contributed by atoms with Gasteiger partial charge in [-0.25, -0.2) is 0 Å². The van der Waals surface area contributed by atoms with Crippen LogP contribution in [0, 0.1) is 10.8 Å². The fraction of sp³-hybridized carbons (Fsp3) is 0.903. The minimum Gasteiger partial charge on any atom is -0.459 e. The van der Waals surface area contributed by atoms with Gasteiger partial charge in [0.1, 0.15) is 23.9 Å². The van der Waals surface area contributed by atoms with E-state index in [9.17, 15) is 15.0 Å². The van der Waals surface area contributed by atoms with E-state index in [-0.39, 0.29) is 18.7 Å². The van der Waals surface area contributed by atoms with Crippen molar-refractivity contribution in [1.82, 2.24) is 0 Å². The number of aliphatic hydroxyl groups excluding tert-OH is 2. The highest BCUT2D eigenvalue weighted by molar-refractivity contribution is 5.70. The van der Waals surface area contributed by atoms with Crippen molar-refractivity contribution in [3.8, 4) is 0 Å². The zero-order valence-corrected chi connectivity index (χ0v) is 23.6. The fourth-order valence-electron chi connectivity index (χ4n) is 7.70. The Bertz CT molecular complexity index is 791. The number of unbranched alkanes of at least 4 members (excludes halogenated alkanes) is 12. The van der Waals surface area contributed by atoms with Crippen LogP contribution in [0.5, 0.6) is 0 Å². The van der Waals surface area contributed by atoms with Gasteiger partial charge in [-0.15, -0.1) is 0 Å². The minimum absolute atomic E-state index is 0.0879. The number of carbonyl (C=O) groups is 1. The van der Waals surface area contributed by atoms with Crippen molar-refractivity contribution in [2.75, 3.05) is 13.2 Å². The Labute approximate surface area is 224 Å². The topological polar surface area (TPSA) is 88.5 Å². The molecule has 1 spiro atoms. The number of rotatable bonds is 16. The van der Waals surface area contributed by atoms with Crippen molar-refractivity contribution in [1.29, 1.82) is 0 Å². The summed E-state index contributed by atoms with van der Waals surface area (Å²) in [5, 5.41) is 22.0. The summed E-state index contributed by atoms with van der Waals surface area (Å²) in [5.41, 5.74) is -0.803. The summed E-state index contributed by atoms with van der Waals surface area (Å²) in [6.45, 7) is 6.77. The Balaban J connectivity index is 1.20. The summed E-state index contributed by atoms with van der Waals surface area (Å²) in [4.78, 5) is 12.9. The summed E-state index contributed by atoms with van der Waals surface area (Å²) >= 11 is 0. The van der Waals surface area contributed by atoms with Gasteiger partial charge in [-0.2, -0.15) is 0 Å². The van der Waals surface area contributed by atoms with Crippen LogP contribution in [0.15, 0.2) is 11.6 Å². The normalized spacial score (nSPS) is 37.9. The summed E-state index contributed by atoms with van der Waals surface area (Å²) < 4.78 is 18.4. The van der Waals surface area contributed by atoms with Gasteiger partial charge in [0.05, 0.1) is 24.7 Å². The maximum atomic E-state index is 12.9. The predicted octanol–water partition coefficient (Wildman–Crippen LogP) is 6.02. The largest absolute Gasteiger partial charge is 0.459 e. The van der Waals surface area contributed by atoms with Crippen molar-refractivity contribution in [3.05, 3.63) is 11.6 Å². The van der Waals surface area contributed by atoms with E-state index in [1.165, 1.54) is 69.8 Å². The standard InChI is InChI=1S/C31H52O6/c1-4-5-6-7-8-9-10-11-12-13-14-15-16-17-25(33)37-27-26(34)28-31(22-35-31)29(27,3)30(21-32)19-18-23(2)20-24(30)36-28/h20,24,26-28,32,34H,4-19,21-22H2,1-3H3/t24-,26-,27-,28-,29-,30-,31?/m1/s1. The first-order valence-corrected chi connectivity index (χ1v) is 15.3. The van der Waals surface area contributed by atoms with E-state index in [4.69, 9.17) is 14.2 Å². The summed E-state index contributed by atoms with van der Waals surface area (Å²) in [7, 11) is 0. The van der Waals surface area contributed by atoms with Gasteiger partial charge in [-0.05, 0) is 26.2 Å². The predicted molar refractivity (Wildman–Crippen MR) is 144 cm³/mol. The number of ether oxygens (including phenoxy) is 3. The first kappa shape index (κ1) is 29.0. The molecule has 2 N–H and O–H groups in total. The van der Waals surface area contributed by atoms with E-state index in [0.717, 1.165) is 32.1 Å². The third-order valence-electron chi connectivity index (χ3n) is 10.3. The summed E-state index contributed by atoms with van der Waals surface area (Å²) in [6.07, 6.45) is 17.9. The van der Waals surface area contributed by atoms with Crippen LogP contribution in [0.2, 0.25) is 0 Å². The Morgan fingerprint density at radius 1 is 1.03 bits per heavy atom. The molecular weight excluding hydrogens is 468 g/mol. The average Bonchev–Trinajstić information content (AvgIpc) is 3.67. The zero-order valence-electron chi connectivity index (χ0n) is 23.6. The van der Waals surface area contributed by atoms with Gasteiger partial charge in [-0.3, -0.25) is 4.79 Å². The van der Waals surface area contributed by atoms with E-state index in [1.54, 1.807) is 0 Å². The van der Waals surface area contributed by atoms with E-state index in [0.29, 0.717) is 13.0 Å². The molecule has 0 aromatic rings. The molecule has 37 heavy (non-hydrogen) atoms. The smallest absolute Gasteiger partial charge is 0.306 e. The molecule has 0 aromatic carbocycles. The molecule has 2 aliphatic heterocycles. The molecule has 2 bridgehead atoms. The van der Waals surface area contributed by atoms with E-state index < -0.39 is 34.7 Å². The minimum atomic E-state index is -0.953. The quantitative estimate of drug-likeness (QED) is 0.112. The molecule has 0 aromatic heterocycles. The number of aliphatic hydroxyl groups is 2. The maximum Gasteiger partial charge on any atom is 0.306 e. The van der Waals surface area contributed by atoms with Gasteiger partial charge in [0.2, 0.25) is 0 Å². The Kier molecular flexibility index (Phi) is 9.80. The number of esters is 1. The van der Waals surface area contributed by atoms with Crippen LogP contribution in [0.3, 0.4) is 0 Å². The molecular formula is C31H52O6. The number of hydrogen-bond acceptors (Lipinski definition) is 6. The Morgan fingerprint density at radius 2 is 1.59 bits per heavy atom. The van der Waals surface area contributed by atoms with Gasteiger partial charge in [-0.1, -0.05) is 103 Å². The van der Waals surface area contributed by atoms with Gasteiger partial charge in [0, 0.05) is 11.8 Å². The third-order valence-corrected chi connectivity index (χ3v) is 10.3. The molecule has 2 saturated heterocycles. The van der Waals surface area contributed by atoms with Crippen LogP contribution in [0.4, 0.5) is 0 Å². The Morgan fingerprint density at radius 3 is 2.14 bits per heavy atom. The van der Waals surface area contributed by atoms with Gasteiger partial charge >= 0.3 is 5.97 Å². The number of carbonyl (C=O) groups excluding carboxylic acids is 1. The van der Waals surface area contributed by atoms with Crippen molar-refractivity contribution in [3.63, 3.8) is 0 Å². The van der Waals surface area contributed by atoms with E-state index >= 15 is 0 Å². The highest BCUT2D eigenvalue weighted by Gasteiger charge is 2.85. The molecule has 3 fully saturated rings. The SMILES string of the molecule is CCCCCCCCCCCCCCCC(=O)O[C@@H]1[C@@H](O)[C@H]2O[C@@H]3C=C(C)CC[C@]3(CO)[C@]1(C)C21CO1. The van der Waals surface area contributed by atoms with Gasteiger partial charge in [0.15, 0.2) is 0 Å². The van der Waals surface area contributed by atoms with Gasteiger partial charge in [0.25, 0.3) is 0 Å². The number of epoxide rings is 1. The molecule has 1 saturated carbocycles. The number of fused-ring (bicyclic) bond motifs is 2. The van der Waals surface area contributed by atoms with Crippen LogP contribution in [-0.4, -0.2) is 59.4 Å². The molecule has 4 aliphatic rings. The van der Waals surface area contributed by atoms with Crippen molar-refractivity contribution >= 4 is 5.97 Å². The molecule has 0 radical (unpaired) electrons. The maximum absolute atomic E-state index is 12.9.